The van der Waals surface area contributed by atoms with Crippen molar-refractivity contribution in [1.29, 1.82) is 0 Å². The smallest absolute Gasteiger partial charge is 0.407 e. The van der Waals surface area contributed by atoms with Gasteiger partial charge in [0.1, 0.15) is 12.6 Å². The summed E-state index contributed by atoms with van der Waals surface area (Å²) in [5.74, 6) is -5.44. The van der Waals surface area contributed by atoms with Crippen LogP contribution in [0.25, 0.3) is 11.1 Å². The average Bonchev–Trinajstić information content (AvgIpc) is 3.34. The van der Waals surface area contributed by atoms with E-state index in [4.69, 9.17) is 9.84 Å². The van der Waals surface area contributed by atoms with E-state index in [9.17, 15) is 23.2 Å². The highest BCUT2D eigenvalue weighted by Crippen LogP contribution is 2.44. The molecule has 1 fully saturated rings. The van der Waals surface area contributed by atoms with Crippen molar-refractivity contribution in [2.45, 2.75) is 44.1 Å². The van der Waals surface area contributed by atoms with Crippen LogP contribution in [0, 0.1) is 5.92 Å². The number of aliphatic carboxylic acids is 1. The second-order valence-electron chi connectivity index (χ2n) is 9.29. The molecule has 2 aliphatic rings. The molecule has 1 saturated heterocycles. The molecule has 0 aromatic heterocycles. The molecule has 1 unspecified atom stereocenters. The van der Waals surface area contributed by atoms with Crippen LogP contribution in [0.2, 0.25) is 0 Å². The highest BCUT2D eigenvalue weighted by Gasteiger charge is 2.49. The third kappa shape index (κ3) is 5.44. The first-order chi connectivity index (χ1) is 16.7. The molecule has 0 spiro atoms. The lowest BCUT2D eigenvalue weighted by atomic mass is 9.98. The van der Waals surface area contributed by atoms with Crippen molar-refractivity contribution in [1.82, 2.24) is 10.2 Å². The molecule has 2 atom stereocenters. The van der Waals surface area contributed by atoms with Gasteiger partial charge in [0, 0.05) is 25.3 Å². The zero-order valence-electron chi connectivity index (χ0n) is 19.4. The number of carboxylic acids is 1. The first kappa shape index (κ1) is 24.6. The maximum atomic E-state index is 13.6. The van der Waals surface area contributed by atoms with Gasteiger partial charge in [-0.25, -0.2) is 18.4 Å². The summed E-state index contributed by atoms with van der Waals surface area (Å²) >= 11 is 0. The van der Waals surface area contributed by atoms with Crippen LogP contribution in [0.3, 0.4) is 0 Å². The van der Waals surface area contributed by atoms with Gasteiger partial charge in [0.25, 0.3) is 5.92 Å². The number of amides is 2. The summed E-state index contributed by atoms with van der Waals surface area (Å²) in [6.45, 7) is 1.36. The van der Waals surface area contributed by atoms with E-state index in [-0.39, 0.29) is 31.4 Å². The Morgan fingerprint density at radius 2 is 1.71 bits per heavy atom. The SMILES string of the molecule is CC(CCC(=O)N1CC(F)(F)C[C@H]1C(=O)O)CNC(=O)OCC1c2ccccc2-c2ccccc21. The number of carboxylic acid groups (broad SMARTS) is 1. The van der Waals surface area contributed by atoms with Crippen LogP contribution in [-0.4, -0.2) is 59.6 Å². The van der Waals surface area contributed by atoms with Crippen molar-refractivity contribution in [3.05, 3.63) is 59.7 Å². The molecule has 0 radical (unpaired) electrons. The first-order valence-electron chi connectivity index (χ1n) is 11.7. The number of carbonyl (C=O) groups is 3. The molecule has 7 nitrogen and oxygen atoms in total. The number of nitrogens with zero attached hydrogens (tertiary/aromatic N) is 1. The van der Waals surface area contributed by atoms with Crippen molar-refractivity contribution >= 4 is 18.0 Å². The fourth-order valence-electron chi connectivity index (χ4n) is 4.82. The molecule has 186 valence electrons. The highest BCUT2D eigenvalue weighted by atomic mass is 19.3. The third-order valence-corrected chi connectivity index (χ3v) is 6.66. The molecule has 1 aliphatic heterocycles. The molecule has 1 aliphatic carbocycles. The summed E-state index contributed by atoms with van der Waals surface area (Å²) in [4.78, 5) is 36.6. The van der Waals surface area contributed by atoms with E-state index >= 15 is 0 Å². The zero-order chi connectivity index (χ0) is 25.2. The van der Waals surface area contributed by atoms with E-state index < -0.39 is 42.9 Å². The molecule has 9 heteroatoms. The molecule has 2 aromatic carbocycles. The Kier molecular flexibility index (Phi) is 7.05. The normalized spacial score (nSPS) is 19.1. The number of hydrogen-bond donors (Lipinski definition) is 2. The molecule has 2 amide bonds. The summed E-state index contributed by atoms with van der Waals surface area (Å²) in [6, 6.07) is 14.6. The number of nitrogens with one attached hydrogen (secondary N) is 1. The number of likely N-dealkylation sites (tertiary alicyclic amines) is 1. The standard InChI is InChI=1S/C26H28F2N2O5/c1-16(10-11-23(31)30-15-26(27,28)12-22(30)24(32)33)13-29-25(34)35-14-21-19-8-4-2-6-17(19)18-7-3-5-9-20(18)21/h2-9,16,21-22H,10-15H2,1H3,(H,29,34)(H,32,33)/t16?,22-/m0/s1. The average molecular weight is 487 g/mol. The van der Waals surface area contributed by atoms with Crippen LogP contribution in [-0.2, 0) is 14.3 Å². The topological polar surface area (TPSA) is 95.9 Å². The van der Waals surface area contributed by atoms with Crippen molar-refractivity contribution in [3.8, 4) is 11.1 Å². The second kappa shape index (κ2) is 10.0. The number of hydrogen-bond acceptors (Lipinski definition) is 4. The number of alkyl halides is 2. The summed E-state index contributed by atoms with van der Waals surface area (Å²) in [5.41, 5.74) is 4.49. The minimum atomic E-state index is -3.20. The molecule has 0 bridgehead atoms. The van der Waals surface area contributed by atoms with Crippen LogP contribution in [0.5, 0.6) is 0 Å². The Balaban J connectivity index is 1.23. The van der Waals surface area contributed by atoms with Gasteiger partial charge in [-0.15, -0.1) is 0 Å². The van der Waals surface area contributed by atoms with Crippen LogP contribution in [0.4, 0.5) is 13.6 Å². The molecule has 35 heavy (non-hydrogen) atoms. The number of carbonyl (C=O) groups excluding carboxylic acids is 2. The molecule has 1 heterocycles. The van der Waals surface area contributed by atoms with Crippen molar-refractivity contribution in [3.63, 3.8) is 0 Å². The number of rotatable bonds is 8. The largest absolute Gasteiger partial charge is 0.480 e. The summed E-state index contributed by atoms with van der Waals surface area (Å²) < 4.78 is 32.7. The monoisotopic (exact) mass is 486 g/mol. The van der Waals surface area contributed by atoms with Gasteiger partial charge < -0.3 is 20.1 Å². The lowest BCUT2D eigenvalue weighted by Crippen LogP contribution is -2.41. The van der Waals surface area contributed by atoms with Gasteiger partial charge in [-0.2, -0.15) is 0 Å². The predicted octanol–water partition coefficient (Wildman–Crippen LogP) is 4.26. The lowest BCUT2D eigenvalue weighted by molar-refractivity contribution is -0.148. The Labute approximate surface area is 202 Å². The van der Waals surface area contributed by atoms with Crippen molar-refractivity contribution in [2.24, 2.45) is 5.92 Å². The Bertz CT molecular complexity index is 1080. The van der Waals surface area contributed by atoms with Crippen molar-refractivity contribution in [2.75, 3.05) is 19.7 Å². The predicted molar refractivity (Wildman–Crippen MR) is 124 cm³/mol. The molecular formula is C26H28F2N2O5. The first-order valence-corrected chi connectivity index (χ1v) is 11.7. The maximum absolute atomic E-state index is 13.6. The second-order valence-corrected chi connectivity index (χ2v) is 9.29. The van der Waals surface area contributed by atoms with Crippen molar-refractivity contribution < 1.29 is 33.0 Å². The number of fused-ring (bicyclic) bond motifs is 3. The fourth-order valence-corrected chi connectivity index (χ4v) is 4.82. The minimum absolute atomic E-state index is 0.0519. The summed E-state index contributed by atoms with van der Waals surface area (Å²) in [7, 11) is 0. The van der Waals surface area contributed by atoms with E-state index in [0.717, 1.165) is 27.2 Å². The Morgan fingerprint density at radius 3 is 2.31 bits per heavy atom. The van der Waals surface area contributed by atoms with Gasteiger partial charge in [0.05, 0.1) is 6.54 Å². The number of benzene rings is 2. The molecule has 0 saturated carbocycles. The highest BCUT2D eigenvalue weighted by molar-refractivity contribution is 5.84. The number of ether oxygens (including phenoxy) is 1. The van der Waals surface area contributed by atoms with E-state index in [2.05, 4.69) is 17.4 Å². The molecule has 2 N–H and O–H groups in total. The van der Waals surface area contributed by atoms with Gasteiger partial charge in [-0.1, -0.05) is 55.5 Å². The van der Waals surface area contributed by atoms with E-state index in [1.54, 1.807) is 0 Å². The number of alkyl carbamates (subject to hydrolysis) is 1. The van der Waals surface area contributed by atoms with Crippen LogP contribution in [0.1, 0.15) is 43.2 Å². The van der Waals surface area contributed by atoms with Gasteiger partial charge in [0.2, 0.25) is 5.91 Å². The van der Waals surface area contributed by atoms with Gasteiger partial charge in [-0.05, 0) is 34.6 Å². The quantitative estimate of drug-likeness (QED) is 0.581. The van der Waals surface area contributed by atoms with Crippen LogP contribution < -0.4 is 5.32 Å². The van der Waals surface area contributed by atoms with E-state index in [1.807, 2.05) is 43.3 Å². The lowest BCUT2D eigenvalue weighted by Gasteiger charge is -2.22. The fraction of sp³-hybridized carbons (Fsp3) is 0.423. The van der Waals surface area contributed by atoms with E-state index in [0.29, 0.717) is 6.42 Å². The third-order valence-electron chi connectivity index (χ3n) is 6.66. The maximum Gasteiger partial charge on any atom is 0.407 e. The summed E-state index contributed by atoms with van der Waals surface area (Å²) in [6.07, 6.45) is -1.20. The zero-order valence-corrected chi connectivity index (χ0v) is 19.4. The minimum Gasteiger partial charge on any atom is -0.480 e. The molecular weight excluding hydrogens is 458 g/mol. The van der Waals surface area contributed by atoms with Crippen LogP contribution >= 0.6 is 0 Å². The Hall–Kier alpha value is -3.49. The number of halogens is 2. The van der Waals surface area contributed by atoms with Gasteiger partial charge in [-0.3, -0.25) is 4.79 Å². The summed E-state index contributed by atoms with van der Waals surface area (Å²) in [5, 5.41) is 11.8. The van der Waals surface area contributed by atoms with Crippen LogP contribution in [0.15, 0.2) is 48.5 Å². The van der Waals surface area contributed by atoms with Gasteiger partial charge >= 0.3 is 12.1 Å². The Morgan fingerprint density at radius 1 is 1.11 bits per heavy atom. The molecule has 2 aromatic rings. The van der Waals surface area contributed by atoms with Gasteiger partial charge in [0.15, 0.2) is 0 Å². The molecule has 4 rings (SSSR count). The van der Waals surface area contributed by atoms with E-state index in [1.165, 1.54) is 0 Å².